The average Bonchev–Trinajstić information content (AvgIpc) is 3.35. The fraction of sp³-hybridized carbons (Fsp3) is 0.273. The molecule has 3 heterocycles. The second kappa shape index (κ2) is 8.23. The van der Waals surface area contributed by atoms with E-state index in [0.29, 0.717) is 23.1 Å². The molecule has 7 nitrogen and oxygen atoms in total. The molecule has 4 rings (SSSR count). The van der Waals surface area contributed by atoms with Gasteiger partial charge in [0.1, 0.15) is 17.0 Å². The summed E-state index contributed by atoms with van der Waals surface area (Å²) < 4.78 is 8.18. The lowest BCUT2D eigenvalue weighted by molar-refractivity contribution is 0.0973. The number of amides is 1. The third-order valence-corrected chi connectivity index (χ3v) is 5.74. The molecule has 3 aromatic heterocycles. The van der Waals surface area contributed by atoms with Crippen LogP contribution in [0.15, 0.2) is 48.8 Å². The summed E-state index contributed by atoms with van der Waals surface area (Å²) in [5.41, 5.74) is 3.01. The number of rotatable bonds is 6. The van der Waals surface area contributed by atoms with Crippen LogP contribution in [0.4, 0.5) is 5.13 Å². The van der Waals surface area contributed by atoms with Crippen molar-refractivity contribution in [1.29, 1.82) is 0 Å². The number of methoxy groups -OCH3 is 1. The van der Waals surface area contributed by atoms with Gasteiger partial charge in [0.15, 0.2) is 5.13 Å². The highest BCUT2D eigenvalue weighted by molar-refractivity contribution is 7.22. The number of ether oxygens (including phenoxy) is 1. The predicted octanol–water partition coefficient (Wildman–Crippen LogP) is 4.63. The van der Waals surface area contributed by atoms with Crippen molar-refractivity contribution in [3.8, 4) is 5.75 Å². The van der Waals surface area contributed by atoms with Gasteiger partial charge in [0.2, 0.25) is 0 Å². The minimum Gasteiger partial charge on any atom is -0.494 e. The van der Waals surface area contributed by atoms with E-state index in [-0.39, 0.29) is 11.9 Å². The first-order valence-electron chi connectivity index (χ1n) is 9.68. The van der Waals surface area contributed by atoms with Gasteiger partial charge in [0.05, 0.1) is 24.0 Å². The Labute approximate surface area is 179 Å². The van der Waals surface area contributed by atoms with Crippen molar-refractivity contribution in [2.24, 2.45) is 0 Å². The van der Waals surface area contributed by atoms with Crippen molar-refractivity contribution < 1.29 is 9.53 Å². The summed E-state index contributed by atoms with van der Waals surface area (Å²) in [6, 6.07) is 11.5. The van der Waals surface area contributed by atoms with Crippen LogP contribution in [-0.4, -0.2) is 32.8 Å². The molecule has 30 heavy (non-hydrogen) atoms. The number of anilines is 1. The molecule has 4 aromatic rings. The number of thiazole rings is 1. The highest BCUT2D eigenvalue weighted by Crippen LogP contribution is 2.35. The van der Waals surface area contributed by atoms with Gasteiger partial charge in [-0.05, 0) is 50.6 Å². The second-order valence-corrected chi connectivity index (χ2v) is 8.27. The number of hydrogen-bond acceptors (Lipinski definition) is 6. The maximum absolute atomic E-state index is 13.7. The molecule has 0 saturated carbocycles. The molecule has 0 spiro atoms. The lowest BCUT2D eigenvalue weighted by atomic mass is 10.2. The molecule has 0 atom stereocenters. The van der Waals surface area contributed by atoms with Gasteiger partial charge in [-0.15, -0.1) is 0 Å². The van der Waals surface area contributed by atoms with Crippen LogP contribution in [-0.2, 0) is 6.54 Å². The molecule has 154 valence electrons. The summed E-state index contributed by atoms with van der Waals surface area (Å²) in [6.07, 6.45) is 3.48. The van der Waals surface area contributed by atoms with E-state index in [1.807, 2.05) is 57.2 Å². The topological polar surface area (TPSA) is 73.1 Å². The Bertz CT molecular complexity index is 1180. The summed E-state index contributed by atoms with van der Waals surface area (Å²) in [4.78, 5) is 24.3. The third kappa shape index (κ3) is 3.78. The van der Waals surface area contributed by atoms with Crippen LogP contribution in [0.3, 0.4) is 0 Å². The molecule has 0 bridgehead atoms. The summed E-state index contributed by atoms with van der Waals surface area (Å²) >= 11 is 1.46. The zero-order chi connectivity index (χ0) is 21.3. The van der Waals surface area contributed by atoms with Crippen molar-refractivity contribution in [3.05, 3.63) is 65.7 Å². The van der Waals surface area contributed by atoms with Crippen LogP contribution in [0, 0.1) is 6.92 Å². The Morgan fingerprint density at radius 3 is 2.80 bits per heavy atom. The molecule has 0 fully saturated rings. The zero-order valence-corrected chi connectivity index (χ0v) is 18.2. The van der Waals surface area contributed by atoms with Gasteiger partial charge in [-0.3, -0.25) is 19.4 Å². The van der Waals surface area contributed by atoms with Crippen molar-refractivity contribution >= 4 is 32.6 Å². The number of benzene rings is 1. The van der Waals surface area contributed by atoms with Crippen LogP contribution < -0.4 is 9.64 Å². The first kappa shape index (κ1) is 20.0. The molecule has 1 amide bonds. The van der Waals surface area contributed by atoms with Crippen LogP contribution in [0.2, 0.25) is 0 Å². The van der Waals surface area contributed by atoms with Crippen molar-refractivity contribution in [3.63, 3.8) is 0 Å². The van der Waals surface area contributed by atoms with Crippen LogP contribution >= 0.6 is 11.3 Å². The zero-order valence-electron chi connectivity index (χ0n) is 17.4. The molecule has 0 aliphatic carbocycles. The molecule has 0 aliphatic rings. The van der Waals surface area contributed by atoms with E-state index in [2.05, 4.69) is 10.1 Å². The van der Waals surface area contributed by atoms with E-state index in [9.17, 15) is 4.79 Å². The smallest absolute Gasteiger partial charge is 0.278 e. The van der Waals surface area contributed by atoms with Crippen LogP contribution in [0.5, 0.6) is 5.75 Å². The molecule has 0 N–H and O–H groups in total. The van der Waals surface area contributed by atoms with E-state index in [1.54, 1.807) is 29.1 Å². The Kier molecular flexibility index (Phi) is 5.50. The lowest BCUT2D eigenvalue weighted by Crippen LogP contribution is -2.32. The summed E-state index contributed by atoms with van der Waals surface area (Å²) in [5.74, 6) is 0.540. The monoisotopic (exact) mass is 421 g/mol. The van der Waals surface area contributed by atoms with Crippen molar-refractivity contribution in [2.45, 2.75) is 33.4 Å². The van der Waals surface area contributed by atoms with E-state index in [4.69, 9.17) is 9.72 Å². The van der Waals surface area contributed by atoms with Gasteiger partial charge in [0.25, 0.3) is 5.91 Å². The Morgan fingerprint density at radius 2 is 2.10 bits per heavy atom. The SMILES string of the molecule is COc1cccc2sc(N(Cc3cccnc3)C(=O)c3cc(C)nn3C(C)C)nc12. The summed E-state index contributed by atoms with van der Waals surface area (Å²) in [7, 11) is 1.62. The second-order valence-electron chi connectivity index (χ2n) is 7.27. The molecule has 8 heteroatoms. The maximum atomic E-state index is 13.7. The van der Waals surface area contributed by atoms with Gasteiger partial charge in [-0.25, -0.2) is 4.98 Å². The molecule has 1 aromatic carbocycles. The van der Waals surface area contributed by atoms with Gasteiger partial charge < -0.3 is 4.74 Å². The largest absolute Gasteiger partial charge is 0.494 e. The van der Waals surface area contributed by atoms with Gasteiger partial charge in [0, 0.05) is 18.4 Å². The number of aromatic nitrogens is 4. The Hall–Kier alpha value is -3.26. The minimum absolute atomic E-state index is 0.0633. The average molecular weight is 422 g/mol. The van der Waals surface area contributed by atoms with E-state index < -0.39 is 0 Å². The molecular weight excluding hydrogens is 398 g/mol. The number of aryl methyl sites for hydroxylation is 1. The molecule has 0 saturated heterocycles. The number of nitrogens with zero attached hydrogens (tertiary/aromatic N) is 5. The van der Waals surface area contributed by atoms with E-state index in [0.717, 1.165) is 21.5 Å². The fourth-order valence-electron chi connectivity index (χ4n) is 3.30. The van der Waals surface area contributed by atoms with E-state index in [1.165, 1.54) is 11.3 Å². The summed E-state index contributed by atoms with van der Waals surface area (Å²) in [6.45, 7) is 6.27. The highest BCUT2D eigenvalue weighted by atomic mass is 32.1. The third-order valence-electron chi connectivity index (χ3n) is 4.70. The quantitative estimate of drug-likeness (QED) is 0.454. The Balaban J connectivity index is 1.82. The Morgan fingerprint density at radius 1 is 1.27 bits per heavy atom. The molecule has 0 unspecified atom stereocenters. The number of carbonyl (C=O) groups excluding carboxylic acids is 1. The van der Waals surface area contributed by atoms with Gasteiger partial charge >= 0.3 is 0 Å². The minimum atomic E-state index is -0.147. The predicted molar refractivity (Wildman–Crippen MR) is 118 cm³/mol. The van der Waals surface area contributed by atoms with Crippen molar-refractivity contribution in [2.75, 3.05) is 12.0 Å². The van der Waals surface area contributed by atoms with Gasteiger partial charge in [-0.1, -0.05) is 23.5 Å². The lowest BCUT2D eigenvalue weighted by Gasteiger charge is -2.21. The summed E-state index contributed by atoms with van der Waals surface area (Å²) in [5, 5.41) is 5.11. The first-order chi connectivity index (χ1) is 14.5. The molecule has 0 radical (unpaired) electrons. The van der Waals surface area contributed by atoms with Crippen molar-refractivity contribution in [1.82, 2.24) is 19.7 Å². The fourth-order valence-corrected chi connectivity index (χ4v) is 4.28. The first-order valence-corrected chi connectivity index (χ1v) is 10.5. The highest BCUT2D eigenvalue weighted by Gasteiger charge is 2.26. The van der Waals surface area contributed by atoms with E-state index >= 15 is 0 Å². The number of para-hydroxylation sites is 1. The standard InChI is InChI=1S/C22H23N5O2S/c1-14(2)27-17(11-15(3)25-27)21(28)26(13-16-7-6-10-23-12-16)22-24-20-18(29-4)8-5-9-19(20)30-22/h5-12,14H,13H2,1-4H3. The van der Waals surface area contributed by atoms with Crippen LogP contribution in [0.25, 0.3) is 10.2 Å². The number of fused-ring (bicyclic) bond motifs is 1. The number of hydrogen-bond donors (Lipinski definition) is 0. The number of pyridine rings is 1. The molecular formula is C22H23N5O2S. The molecule has 0 aliphatic heterocycles. The maximum Gasteiger partial charge on any atom is 0.278 e. The van der Waals surface area contributed by atoms with Crippen LogP contribution in [0.1, 0.15) is 41.6 Å². The normalized spacial score (nSPS) is 11.2. The van der Waals surface area contributed by atoms with Gasteiger partial charge in [-0.2, -0.15) is 5.10 Å². The number of carbonyl (C=O) groups is 1.